The van der Waals surface area contributed by atoms with Crippen molar-refractivity contribution in [1.82, 2.24) is 4.98 Å². The summed E-state index contributed by atoms with van der Waals surface area (Å²) in [7, 11) is 0. The van der Waals surface area contributed by atoms with Crippen molar-refractivity contribution in [1.29, 1.82) is 0 Å². The number of hydrogen-bond acceptors (Lipinski definition) is 2. The summed E-state index contributed by atoms with van der Waals surface area (Å²) >= 11 is 11.9. The summed E-state index contributed by atoms with van der Waals surface area (Å²) in [6, 6.07) is 0. The van der Waals surface area contributed by atoms with E-state index in [1.165, 1.54) is 6.26 Å². The van der Waals surface area contributed by atoms with Crippen molar-refractivity contribution in [2.75, 3.05) is 0 Å². The van der Waals surface area contributed by atoms with Gasteiger partial charge in [0.2, 0.25) is 0 Å². The first-order valence-electron chi connectivity index (χ1n) is 3.67. The lowest BCUT2D eigenvalue weighted by Crippen LogP contribution is -1.94. The zero-order valence-corrected chi connectivity index (χ0v) is 8.91. The van der Waals surface area contributed by atoms with Crippen LogP contribution in [0.1, 0.15) is 11.4 Å². The molecule has 1 aromatic heterocycles. The fourth-order valence-corrected chi connectivity index (χ4v) is 1.37. The molecule has 0 spiro atoms. The van der Waals surface area contributed by atoms with Gasteiger partial charge >= 0.3 is 0 Å². The molecular weight excluding hydrogens is 209 g/mol. The maximum atomic E-state index is 5.93. The van der Waals surface area contributed by atoms with Gasteiger partial charge in [0.1, 0.15) is 10.0 Å². The first-order valence-corrected chi connectivity index (χ1v) is 4.43. The number of aryl methyl sites for hydroxylation is 2. The predicted molar refractivity (Wildman–Crippen MR) is 54.6 cm³/mol. The van der Waals surface area contributed by atoms with Crippen LogP contribution in [-0.4, -0.2) is 4.98 Å². The summed E-state index contributed by atoms with van der Waals surface area (Å²) < 4.78 is 5.09. The van der Waals surface area contributed by atoms with E-state index in [1.807, 2.05) is 0 Å². The number of hydrogen-bond donors (Lipinski definition) is 0. The quantitative estimate of drug-likeness (QED) is 0.708. The van der Waals surface area contributed by atoms with Crippen LogP contribution < -0.4 is 4.74 Å². The third-order valence-electron chi connectivity index (χ3n) is 1.57. The first-order chi connectivity index (χ1) is 6.07. The zero-order chi connectivity index (χ0) is 10.0. The molecule has 0 saturated heterocycles. The van der Waals surface area contributed by atoms with E-state index in [1.54, 1.807) is 13.8 Å². The molecular formula is C9H9Cl2NO. The lowest BCUT2D eigenvalue weighted by Gasteiger charge is -2.09. The minimum atomic E-state index is 0.420. The average molecular weight is 218 g/mol. The second kappa shape index (κ2) is 3.99. The topological polar surface area (TPSA) is 22.1 Å². The lowest BCUT2D eigenvalue weighted by atomic mass is 10.3. The molecule has 2 nitrogen and oxygen atoms in total. The summed E-state index contributed by atoms with van der Waals surface area (Å²) in [5, 5.41) is 0.853. The van der Waals surface area contributed by atoms with E-state index < -0.39 is 0 Å². The molecule has 0 aliphatic rings. The van der Waals surface area contributed by atoms with E-state index in [9.17, 15) is 0 Å². The van der Waals surface area contributed by atoms with Gasteiger partial charge in [-0.05, 0) is 13.8 Å². The monoisotopic (exact) mass is 217 g/mol. The number of ether oxygens (including phenoxy) is 1. The molecule has 13 heavy (non-hydrogen) atoms. The first kappa shape index (κ1) is 10.4. The highest BCUT2D eigenvalue weighted by Gasteiger charge is 2.13. The summed E-state index contributed by atoms with van der Waals surface area (Å²) in [6.45, 7) is 7.02. The van der Waals surface area contributed by atoms with Crippen LogP contribution >= 0.6 is 23.2 Å². The van der Waals surface area contributed by atoms with Gasteiger partial charge in [0, 0.05) is 0 Å². The van der Waals surface area contributed by atoms with Crippen LogP contribution in [0, 0.1) is 13.8 Å². The highest BCUT2D eigenvalue weighted by atomic mass is 35.5. The van der Waals surface area contributed by atoms with Gasteiger partial charge in [0.15, 0.2) is 5.75 Å². The van der Waals surface area contributed by atoms with Crippen molar-refractivity contribution < 1.29 is 4.74 Å². The highest BCUT2D eigenvalue weighted by Crippen LogP contribution is 2.36. The predicted octanol–water partition coefficient (Wildman–Crippen LogP) is 3.53. The molecule has 1 heterocycles. The number of aromatic nitrogens is 1. The molecule has 0 saturated carbocycles. The number of nitrogens with zero attached hydrogens (tertiary/aromatic N) is 1. The molecule has 0 atom stereocenters. The van der Waals surface area contributed by atoms with Crippen molar-refractivity contribution in [2.45, 2.75) is 13.8 Å². The van der Waals surface area contributed by atoms with Crippen LogP contribution in [0.4, 0.5) is 0 Å². The molecule has 0 aliphatic heterocycles. The van der Waals surface area contributed by atoms with Crippen LogP contribution in [0.2, 0.25) is 10.0 Å². The molecule has 0 radical (unpaired) electrons. The Morgan fingerprint density at radius 1 is 1.23 bits per heavy atom. The Morgan fingerprint density at radius 2 is 1.69 bits per heavy atom. The molecule has 0 amide bonds. The molecule has 0 N–H and O–H groups in total. The third-order valence-corrected chi connectivity index (χ3v) is 2.46. The van der Waals surface area contributed by atoms with Gasteiger partial charge in [-0.1, -0.05) is 29.8 Å². The molecule has 0 unspecified atom stereocenters. The summed E-state index contributed by atoms with van der Waals surface area (Å²) in [4.78, 5) is 4.14. The van der Waals surface area contributed by atoms with E-state index >= 15 is 0 Å². The molecule has 0 bridgehead atoms. The minimum Gasteiger partial charge on any atom is -0.462 e. The molecule has 4 heteroatoms. The maximum absolute atomic E-state index is 5.93. The number of rotatable bonds is 2. The normalized spacial score (nSPS) is 9.85. The second-order valence-corrected chi connectivity index (χ2v) is 3.28. The van der Waals surface area contributed by atoms with Gasteiger partial charge in [0.25, 0.3) is 0 Å². The van der Waals surface area contributed by atoms with E-state index in [0.717, 1.165) is 0 Å². The van der Waals surface area contributed by atoms with Gasteiger partial charge in [0.05, 0.1) is 17.6 Å². The van der Waals surface area contributed by atoms with Gasteiger partial charge < -0.3 is 4.74 Å². The van der Waals surface area contributed by atoms with Crippen LogP contribution in [0.5, 0.6) is 5.75 Å². The summed E-state index contributed by atoms with van der Waals surface area (Å²) in [6.07, 6.45) is 1.28. The lowest BCUT2D eigenvalue weighted by molar-refractivity contribution is 0.482. The molecule has 70 valence electrons. The zero-order valence-electron chi connectivity index (χ0n) is 7.40. The molecule has 1 rings (SSSR count). The Morgan fingerprint density at radius 3 is 2.08 bits per heavy atom. The summed E-state index contributed by atoms with van der Waals surface area (Å²) in [5.74, 6) is 0.420. The Labute approximate surface area is 87.1 Å². The molecule has 0 fully saturated rings. The Kier molecular flexibility index (Phi) is 3.17. The van der Waals surface area contributed by atoms with Crippen molar-refractivity contribution >= 4 is 23.2 Å². The van der Waals surface area contributed by atoms with Crippen LogP contribution in [0.3, 0.4) is 0 Å². The molecule has 0 aliphatic carbocycles. The SMILES string of the molecule is C=COc1c(Cl)c(C)nc(C)c1Cl. The van der Waals surface area contributed by atoms with E-state index in [-0.39, 0.29) is 0 Å². The largest absolute Gasteiger partial charge is 0.462 e. The Balaban J connectivity index is 3.36. The fraction of sp³-hybridized carbons (Fsp3) is 0.222. The molecule has 0 aromatic carbocycles. The van der Waals surface area contributed by atoms with E-state index in [2.05, 4.69) is 11.6 Å². The second-order valence-electron chi connectivity index (χ2n) is 2.52. The van der Waals surface area contributed by atoms with Crippen LogP contribution in [0.15, 0.2) is 12.8 Å². The highest BCUT2D eigenvalue weighted by molar-refractivity contribution is 6.37. The smallest absolute Gasteiger partial charge is 0.167 e. The van der Waals surface area contributed by atoms with Crippen molar-refractivity contribution in [3.63, 3.8) is 0 Å². The van der Waals surface area contributed by atoms with Gasteiger partial charge in [-0.15, -0.1) is 0 Å². The summed E-state index contributed by atoms with van der Waals surface area (Å²) in [5.41, 5.74) is 1.39. The Bertz CT molecular complexity index is 324. The number of halogens is 2. The van der Waals surface area contributed by atoms with Crippen LogP contribution in [-0.2, 0) is 0 Å². The van der Waals surface area contributed by atoms with Gasteiger partial charge in [-0.2, -0.15) is 0 Å². The molecule has 1 aromatic rings. The maximum Gasteiger partial charge on any atom is 0.167 e. The minimum absolute atomic E-state index is 0.420. The van der Waals surface area contributed by atoms with E-state index in [0.29, 0.717) is 27.2 Å². The standard InChI is InChI=1S/C9H9Cl2NO/c1-4-13-9-7(10)5(2)12-6(3)8(9)11/h4H,1H2,2-3H3. The average Bonchev–Trinajstić information content (AvgIpc) is 2.09. The van der Waals surface area contributed by atoms with E-state index in [4.69, 9.17) is 27.9 Å². The van der Waals surface area contributed by atoms with Crippen molar-refractivity contribution in [2.24, 2.45) is 0 Å². The number of pyridine rings is 1. The van der Waals surface area contributed by atoms with Gasteiger partial charge in [-0.25, -0.2) is 0 Å². The van der Waals surface area contributed by atoms with Crippen LogP contribution in [0.25, 0.3) is 0 Å². The third kappa shape index (κ3) is 1.95. The Hall–Kier alpha value is -0.730. The fourth-order valence-electron chi connectivity index (χ4n) is 0.961. The van der Waals surface area contributed by atoms with Crippen molar-refractivity contribution in [3.05, 3.63) is 34.3 Å². The van der Waals surface area contributed by atoms with Gasteiger partial charge in [-0.3, -0.25) is 4.98 Å². The van der Waals surface area contributed by atoms with Crippen molar-refractivity contribution in [3.8, 4) is 5.75 Å².